The van der Waals surface area contributed by atoms with Gasteiger partial charge in [-0.25, -0.2) is 0 Å². The van der Waals surface area contributed by atoms with Crippen molar-refractivity contribution < 1.29 is 9.53 Å². The maximum absolute atomic E-state index is 11.2. The molecule has 1 unspecified atom stereocenters. The molecule has 16 heavy (non-hydrogen) atoms. The first-order valence-electron chi connectivity index (χ1n) is 5.19. The van der Waals surface area contributed by atoms with Gasteiger partial charge in [0.25, 0.3) is 0 Å². The highest BCUT2D eigenvalue weighted by Gasteiger charge is 2.27. The largest absolute Gasteiger partial charge is 0.468 e. The maximum Gasteiger partial charge on any atom is 0.325 e. The lowest BCUT2D eigenvalue weighted by Gasteiger charge is -2.18. The standard InChI is InChI=1S/C11H21N3O2/c1-9(12)14-8-6-4-5-7-11(2,13)10(15)16-3/h4-5H,6-8,13H2,1-3H3,(H2,12,14). The summed E-state index contributed by atoms with van der Waals surface area (Å²) in [6, 6.07) is 0. The Morgan fingerprint density at radius 1 is 1.50 bits per heavy atom. The van der Waals surface area contributed by atoms with E-state index in [9.17, 15) is 4.79 Å². The average molecular weight is 227 g/mol. The molecule has 0 bridgehead atoms. The number of carbonyl (C=O) groups is 1. The van der Waals surface area contributed by atoms with Gasteiger partial charge in [0.15, 0.2) is 0 Å². The van der Waals surface area contributed by atoms with Gasteiger partial charge in [-0.2, -0.15) is 0 Å². The molecule has 0 aromatic heterocycles. The summed E-state index contributed by atoms with van der Waals surface area (Å²) in [4.78, 5) is 15.3. The molecule has 0 spiro atoms. The van der Waals surface area contributed by atoms with Crippen LogP contribution in [0.25, 0.3) is 0 Å². The molecule has 0 saturated heterocycles. The topological polar surface area (TPSA) is 90.7 Å². The van der Waals surface area contributed by atoms with Crippen LogP contribution < -0.4 is 11.5 Å². The summed E-state index contributed by atoms with van der Waals surface area (Å²) < 4.78 is 4.59. The van der Waals surface area contributed by atoms with Gasteiger partial charge in [-0.1, -0.05) is 12.2 Å². The summed E-state index contributed by atoms with van der Waals surface area (Å²) in [6.07, 6.45) is 5.02. The first-order valence-corrected chi connectivity index (χ1v) is 5.19. The number of nitrogens with two attached hydrogens (primary N) is 2. The van der Waals surface area contributed by atoms with E-state index in [1.54, 1.807) is 13.8 Å². The fourth-order valence-corrected chi connectivity index (χ4v) is 1.08. The number of esters is 1. The van der Waals surface area contributed by atoms with Gasteiger partial charge in [0.2, 0.25) is 0 Å². The Labute approximate surface area is 96.5 Å². The van der Waals surface area contributed by atoms with Crippen LogP contribution in [-0.2, 0) is 9.53 Å². The van der Waals surface area contributed by atoms with E-state index >= 15 is 0 Å². The van der Waals surface area contributed by atoms with Crippen LogP contribution in [0.2, 0.25) is 0 Å². The van der Waals surface area contributed by atoms with Crippen LogP contribution in [0, 0.1) is 0 Å². The van der Waals surface area contributed by atoms with Crippen LogP contribution in [0.5, 0.6) is 0 Å². The number of hydrogen-bond acceptors (Lipinski definition) is 4. The van der Waals surface area contributed by atoms with Gasteiger partial charge >= 0.3 is 5.97 Å². The fourth-order valence-electron chi connectivity index (χ4n) is 1.08. The molecule has 4 N–H and O–H groups in total. The summed E-state index contributed by atoms with van der Waals surface area (Å²) in [5.74, 6) is 0.166. The van der Waals surface area contributed by atoms with Crippen molar-refractivity contribution in [1.29, 1.82) is 0 Å². The highest BCUT2D eigenvalue weighted by atomic mass is 16.5. The Bertz CT molecular complexity index is 279. The van der Waals surface area contributed by atoms with Crippen molar-refractivity contribution in [2.75, 3.05) is 13.7 Å². The molecule has 0 rings (SSSR count). The Kier molecular flexibility index (Phi) is 6.41. The summed E-state index contributed by atoms with van der Waals surface area (Å²) in [5, 5.41) is 0. The van der Waals surface area contributed by atoms with E-state index < -0.39 is 11.5 Å². The molecule has 0 amide bonds. The zero-order valence-corrected chi connectivity index (χ0v) is 10.2. The SMILES string of the molecule is COC(=O)C(C)(N)CC=CCCN=C(C)N. The molecule has 0 aromatic rings. The highest BCUT2D eigenvalue weighted by Crippen LogP contribution is 2.08. The summed E-state index contributed by atoms with van der Waals surface area (Å²) >= 11 is 0. The number of rotatable bonds is 6. The minimum Gasteiger partial charge on any atom is -0.468 e. The van der Waals surface area contributed by atoms with Crippen LogP contribution in [0.3, 0.4) is 0 Å². The van der Waals surface area contributed by atoms with Crippen molar-refractivity contribution >= 4 is 11.8 Å². The normalized spacial score (nSPS) is 16.1. The second-order valence-corrected chi connectivity index (χ2v) is 3.90. The van der Waals surface area contributed by atoms with E-state index in [4.69, 9.17) is 11.5 Å². The Balaban J connectivity index is 3.91. The van der Waals surface area contributed by atoms with E-state index in [2.05, 4.69) is 9.73 Å². The lowest BCUT2D eigenvalue weighted by molar-refractivity contribution is -0.146. The van der Waals surface area contributed by atoms with Crippen molar-refractivity contribution in [1.82, 2.24) is 0 Å². The van der Waals surface area contributed by atoms with Crippen LogP contribution in [0.1, 0.15) is 26.7 Å². The molecule has 0 aromatic carbocycles. The quantitative estimate of drug-likeness (QED) is 0.228. The van der Waals surface area contributed by atoms with Crippen LogP contribution in [0.4, 0.5) is 0 Å². The lowest BCUT2D eigenvalue weighted by atomic mass is 9.99. The molecule has 0 radical (unpaired) electrons. The molecule has 0 aliphatic rings. The third kappa shape index (κ3) is 6.19. The summed E-state index contributed by atoms with van der Waals surface area (Å²) in [6.45, 7) is 4.04. The second kappa shape index (κ2) is 7.00. The van der Waals surface area contributed by atoms with Crippen LogP contribution in [0.15, 0.2) is 17.1 Å². The predicted molar refractivity (Wildman–Crippen MR) is 65.1 cm³/mol. The first-order chi connectivity index (χ1) is 7.40. The molecular formula is C11H21N3O2. The van der Waals surface area contributed by atoms with Crippen LogP contribution in [-0.4, -0.2) is 31.0 Å². The average Bonchev–Trinajstić information content (AvgIpc) is 2.21. The van der Waals surface area contributed by atoms with Gasteiger partial charge < -0.3 is 16.2 Å². The molecule has 0 saturated carbocycles. The zero-order valence-electron chi connectivity index (χ0n) is 10.2. The molecule has 5 heteroatoms. The van der Waals surface area contributed by atoms with E-state index in [1.807, 2.05) is 12.2 Å². The number of carbonyl (C=O) groups excluding carboxylic acids is 1. The summed E-state index contributed by atoms with van der Waals surface area (Å²) in [5.41, 5.74) is 10.2. The van der Waals surface area contributed by atoms with Gasteiger partial charge in [0.05, 0.1) is 12.9 Å². The van der Waals surface area contributed by atoms with Crippen LogP contribution >= 0.6 is 0 Å². The zero-order chi connectivity index (χ0) is 12.6. The Morgan fingerprint density at radius 3 is 2.62 bits per heavy atom. The monoisotopic (exact) mass is 227 g/mol. The Morgan fingerprint density at radius 2 is 2.12 bits per heavy atom. The number of aliphatic imine (C=N–C) groups is 1. The molecular weight excluding hydrogens is 206 g/mol. The molecule has 1 atom stereocenters. The summed E-state index contributed by atoms with van der Waals surface area (Å²) in [7, 11) is 1.33. The van der Waals surface area contributed by atoms with Crippen molar-refractivity contribution in [2.24, 2.45) is 16.5 Å². The number of nitrogens with zero attached hydrogens (tertiary/aromatic N) is 1. The van der Waals surface area contributed by atoms with Crippen molar-refractivity contribution in [2.45, 2.75) is 32.2 Å². The molecule has 0 aliphatic heterocycles. The third-order valence-corrected chi connectivity index (χ3v) is 2.02. The van der Waals surface area contributed by atoms with Gasteiger partial charge in [0.1, 0.15) is 5.54 Å². The third-order valence-electron chi connectivity index (χ3n) is 2.02. The van der Waals surface area contributed by atoms with Crippen molar-refractivity contribution in [3.8, 4) is 0 Å². The number of hydrogen-bond donors (Lipinski definition) is 2. The highest BCUT2D eigenvalue weighted by molar-refractivity contribution is 5.80. The van der Waals surface area contributed by atoms with Gasteiger partial charge in [-0.05, 0) is 26.7 Å². The second-order valence-electron chi connectivity index (χ2n) is 3.90. The van der Waals surface area contributed by atoms with Crippen molar-refractivity contribution in [3.63, 3.8) is 0 Å². The Hall–Kier alpha value is -1.36. The molecule has 0 heterocycles. The molecule has 5 nitrogen and oxygen atoms in total. The predicted octanol–water partition coefficient (Wildman–Crippen LogP) is 0.590. The maximum atomic E-state index is 11.2. The molecule has 0 fully saturated rings. The number of ether oxygens (including phenoxy) is 1. The van der Waals surface area contributed by atoms with Gasteiger partial charge in [-0.3, -0.25) is 9.79 Å². The first kappa shape index (κ1) is 14.6. The van der Waals surface area contributed by atoms with Gasteiger partial charge in [0, 0.05) is 6.54 Å². The fraction of sp³-hybridized carbons (Fsp3) is 0.636. The van der Waals surface area contributed by atoms with Gasteiger partial charge in [-0.15, -0.1) is 0 Å². The minimum absolute atomic E-state index is 0.409. The molecule has 0 aliphatic carbocycles. The van der Waals surface area contributed by atoms with E-state index in [0.717, 1.165) is 6.42 Å². The lowest BCUT2D eigenvalue weighted by Crippen LogP contribution is -2.45. The van der Waals surface area contributed by atoms with E-state index in [0.29, 0.717) is 18.8 Å². The number of amidine groups is 1. The van der Waals surface area contributed by atoms with E-state index in [1.165, 1.54) is 7.11 Å². The molecule has 92 valence electrons. The number of methoxy groups -OCH3 is 1. The smallest absolute Gasteiger partial charge is 0.325 e. The van der Waals surface area contributed by atoms with E-state index in [-0.39, 0.29) is 0 Å². The minimum atomic E-state index is -0.960. The van der Waals surface area contributed by atoms with Crippen molar-refractivity contribution in [3.05, 3.63) is 12.2 Å².